The lowest BCUT2D eigenvalue weighted by Gasteiger charge is -2.15. The van der Waals surface area contributed by atoms with Crippen molar-refractivity contribution in [1.82, 2.24) is 4.98 Å². The van der Waals surface area contributed by atoms with Crippen molar-refractivity contribution < 1.29 is 10.2 Å². The maximum atomic E-state index is 9.71. The van der Waals surface area contributed by atoms with Gasteiger partial charge in [-0.15, -0.1) is 11.3 Å². The molecule has 0 amide bonds. The van der Waals surface area contributed by atoms with Gasteiger partial charge in [0, 0.05) is 17.5 Å². The molecule has 4 heteroatoms. The van der Waals surface area contributed by atoms with Crippen LogP contribution >= 0.6 is 11.3 Å². The summed E-state index contributed by atoms with van der Waals surface area (Å²) in [6, 6.07) is 0. The highest BCUT2D eigenvalue weighted by molar-refractivity contribution is 7.09. The molecule has 78 valence electrons. The first-order valence-electron chi connectivity index (χ1n) is 4.94. The van der Waals surface area contributed by atoms with Crippen molar-refractivity contribution in [3.63, 3.8) is 0 Å². The van der Waals surface area contributed by atoms with Crippen LogP contribution in [0.2, 0.25) is 0 Å². The first-order chi connectivity index (χ1) is 6.66. The zero-order valence-corrected chi connectivity index (χ0v) is 9.00. The average Bonchev–Trinajstić information content (AvgIpc) is 2.91. The summed E-state index contributed by atoms with van der Waals surface area (Å²) >= 11 is 1.55. The quantitative estimate of drug-likeness (QED) is 0.788. The van der Waals surface area contributed by atoms with Crippen LogP contribution in [0.5, 0.6) is 0 Å². The number of aliphatic hydroxyl groups excluding tert-OH is 2. The van der Waals surface area contributed by atoms with Crippen LogP contribution in [-0.2, 0) is 6.42 Å². The molecule has 3 nitrogen and oxygen atoms in total. The Labute approximate surface area is 87.4 Å². The second kappa shape index (κ2) is 3.96. The van der Waals surface area contributed by atoms with E-state index in [1.54, 1.807) is 11.3 Å². The predicted molar refractivity (Wildman–Crippen MR) is 55.3 cm³/mol. The molecule has 1 saturated carbocycles. The van der Waals surface area contributed by atoms with E-state index >= 15 is 0 Å². The molecule has 1 aliphatic rings. The zero-order chi connectivity index (χ0) is 10.1. The lowest BCUT2D eigenvalue weighted by atomic mass is 10.1. The number of nitrogens with zero attached hydrogens (tertiary/aromatic N) is 1. The van der Waals surface area contributed by atoms with Crippen LogP contribution in [0.3, 0.4) is 0 Å². The molecule has 1 aliphatic carbocycles. The number of thiazole rings is 1. The Morgan fingerprint density at radius 3 is 2.79 bits per heavy atom. The lowest BCUT2D eigenvalue weighted by Crippen LogP contribution is -2.29. The molecule has 0 spiro atoms. The molecule has 2 atom stereocenters. The zero-order valence-electron chi connectivity index (χ0n) is 8.18. The van der Waals surface area contributed by atoms with E-state index in [-0.39, 0.29) is 0 Å². The van der Waals surface area contributed by atoms with Crippen molar-refractivity contribution in [3.05, 3.63) is 16.1 Å². The van der Waals surface area contributed by atoms with Gasteiger partial charge in [-0.25, -0.2) is 4.98 Å². The molecule has 1 heterocycles. The Hall–Kier alpha value is -0.450. The van der Waals surface area contributed by atoms with Gasteiger partial charge in [0.05, 0.1) is 17.2 Å². The standard InChI is InChI=1S/C10H15NO2S/c1-6-5-14-9(11-6)4-8(12)10(13)7-2-3-7/h5,7-8,10,12-13H,2-4H2,1H3. The van der Waals surface area contributed by atoms with Crippen molar-refractivity contribution in [2.45, 2.75) is 38.4 Å². The third kappa shape index (κ3) is 2.32. The molecule has 1 aromatic heterocycles. The van der Waals surface area contributed by atoms with Crippen molar-refractivity contribution in [3.8, 4) is 0 Å². The van der Waals surface area contributed by atoms with Gasteiger partial charge in [0.1, 0.15) is 0 Å². The number of hydrogen-bond donors (Lipinski definition) is 2. The topological polar surface area (TPSA) is 53.4 Å². The maximum Gasteiger partial charge on any atom is 0.0954 e. The van der Waals surface area contributed by atoms with Crippen molar-refractivity contribution in [1.29, 1.82) is 0 Å². The Morgan fingerprint density at radius 1 is 1.57 bits per heavy atom. The summed E-state index contributed by atoms with van der Waals surface area (Å²) in [7, 11) is 0. The second-order valence-corrected chi connectivity index (χ2v) is 4.92. The van der Waals surface area contributed by atoms with Gasteiger partial charge in [-0.3, -0.25) is 0 Å². The summed E-state index contributed by atoms with van der Waals surface area (Å²) in [6.07, 6.45) is 1.38. The fraction of sp³-hybridized carbons (Fsp3) is 0.700. The maximum absolute atomic E-state index is 9.71. The first-order valence-corrected chi connectivity index (χ1v) is 5.82. The Morgan fingerprint density at radius 2 is 2.29 bits per heavy atom. The fourth-order valence-corrected chi connectivity index (χ4v) is 2.37. The van der Waals surface area contributed by atoms with E-state index in [4.69, 9.17) is 0 Å². The molecule has 0 aromatic carbocycles. The molecular weight excluding hydrogens is 198 g/mol. The first kappa shape index (κ1) is 10.1. The van der Waals surface area contributed by atoms with Crippen LogP contribution in [-0.4, -0.2) is 27.4 Å². The second-order valence-electron chi connectivity index (χ2n) is 3.98. The largest absolute Gasteiger partial charge is 0.390 e. The third-order valence-electron chi connectivity index (χ3n) is 2.55. The molecule has 0 saturated heterocycles. The van der Waals surface area contributed by atoms with Gasteiger partial charge in [0.15, 0.2) is 0 Å². The summed E-state index contributed by atoms with van der Waals surface area (Å²) < 4.78 is 0. The Kier molecular flexibility index (Phi) is 2.85. The van der Waals surface area contributed by atoms with Crippen LogP contribution in [0.15, 0.2) is 5.38 Å². The van der Waals surface area contributed by atoms with Gasteiger partial charge in [-0.2, -0.15) is 0 Å². The van der Waals surface area contributed by atoms with E-state index < -0.39 is 12.2 Å². The summed E-state index contributed by atoms with van der Waals surface area (Å²) in [5, 5.41) is 22.2. The van der Waals surface area contributed by atoms with Gasteiger partial charge in [0.25, 0.3) is 0 Å². The Bertz CT molecular complexity index is 309. The molecule has 0 aliphatic heterocycles. The van der Waals surface area contributed by atoms with E-state index in [2.05, 4.69) is 4.98 Å². The Balaban J connectivity index is 1.89. The molecule has 1 fully saturated rings. The highest BCUT2D eigenvalue weighted by Gasteiger charge is 2.34. The molecule has 14 heavy (non-hydrogen) atoms. The third-order valence-corrected chi connectivity index (χ3v) is 3.54. The predicted octanol–water partition coefficient (Wildman–Crippen LogP) is 1.13. The SMILES string of the molecule is Cc1csc(CC(O)C(O)C2CC2)n1. The van der Waals surface area contributed by atoms with Crippen LogP contribution in [0, 0.1) is 12.8 Å². The molecule has 2 N–H and O–H groups in total. The summed E-state index contributed by atoms with van der Waals surface area (Å²) in [5.74, 6) is 0.325. The summed E-state index contributed by atoms with van der Waals surface area (Å²) in [5.41, 5.74) is 0.984. The lowest BCUT2D eigenvalue weighted by molar-refractivity contribution is 0.00670. The molecule has 0 bridgehead atoms. The van der Waals surface area contributed by atoms with Crippen LogP contribution < -0.4 is 0 Å². The summed E-state index contributed by atoms with van der Waals surface area (Å²) in [4.78, 5) is 4.26. The monoisotopic (exact) mass is 213 g/mol. The molecular formula is C10H15NO2S. The number of aliphatic hydroxyl groups is 2. The van der Waals surface area contributed by atoms with Gasteiger partial charge >= 0.3 is 0 Å². The van der Waals surface area contributed by atoms with Gasteiger partial charge in [0.2, 0.25) is 0 Å². The molecule has 1 aromatic rings. The average molecular weight is 213 g/mol. The van der Waals surface area contributed by atoms with E-state index in [1.165, 1.54) is 0 Å². The van der Waals surface area contributed by atoms with Gasteiger partial charge in [-0.05, 0) is 25.7 Å². The van der Waals surface area contributed by atoms with Crippen molar-refractivity contribution >= 4 is 11.3 Å². The van der Waals surface area contributed by atoms with E-state index in [0.29, 0.717) is 12.3 Å². The minimum atomic E-state index is -0.645. The van der Waals surface area contributed by atoms with Gasteiger partial charge < -0.3 is 10.2 Å². The van der Waals surface area contributed by atoms with Crippen molar-refractivity contribution in [2.24, 2.45) is 5.92 Å². The minimum absolute atomic E-state index is 0.325. The minimum Gasteiger partial charge on any atom is -0.390 e. The van der Waals surface area contributed by atoms with E-state index in [0.717, 1.165) is 23.5 Å². The van der Waals surface area contributed by atoms with Crippen LogP contribution in [0.1, 0.15) is 23.5 Å². The molecule has 2 rings (SSSR count). The van der Waals surface area contributed by atoms with Crippen LogP contribution in [0.4, 0.5) is 0 Å². The van der Waals surface area contributed by atoms with Crippen LogP contribution in [0.25, 0.3) is 0 Å². The molecule has 0 radical (unpaired) electrons. The van der Waals surface area contributed by atoms with Crippen molar-refractivity contribution in [2.75, 3.05) is 0 Å². The highest BCUT2D eigenvalue weighted by atomic mass is 32.1. The van der Waals surface area contributed by atoms with E-state index in [9.17, 15) is 10.2 Å². The normalized spacial score (nSPS) is 20.8. The number of aromatic nitrogens is 1. The fourth-order valence-electron chi connectivity index (χ4n) is 1.55. The highest BCUT2D eigenvalue weighted by Crippen LogP contribution is 2.34. The number of aryl methyl sites for hydroxylation is 1. The van der Waals surface area contributed by atoms with E-state index in [1.807, 2.05) is 12.3 Å². The van der Waals surface area contributed by atoms with Gasteiger partial charge in [-0.1, -0.05) is 0 Å². The number of hydrogen-bond acceptors (Lipinski definition) is 4. The molecule has 2 unspecified atom stereocenters. The smallest absolute Gasteiger partial charge is 0.0954 e. The summed E-state index contributed by atoms with van der Waals surface area (Å²) in [6.45, 7) is 1.93. The number of rotatable bonds is 4.